The van der Waals surface area contributed by atoms with E-state index in [1.54, 1.807) is 21.7 Å². The Morgan fingerprint density at radius 3 is 2.76 bits per heavy atom. The van der Waals surface area contributed by atoms with Crippen molar-refractivity contribution in [2.24, 2.45) is 0 Å². The lowest BCUT2D eigenvalue weighted by Gasteiger charge is -2.41. The molecule has 2 aromatic heterocycles. The van der Waals surface area contributed by atoms with E-state index in [2.05, 4.69) is 25.9 Å². The predicted octanol–water partition coefficient (Wildman–Crippen LogP) is 5.14. The summed E-state index contributed by atoms with van der Waals surface area (Å²) in [5.41, 5.74) is 1.05. The van der Waals surface area contributed by atoms with E-state index >= 15 is 0 Å². The standard InChI is InChI=1S/C26H29BrClN5O4/c1-14(2)21-17(7-6-8-29-21)33-18-11-16(27)20(28)22-19(18)23(30-24(33)34)32-10-9-31(12-15(32)13-36-22)25(35)37-26(3,4)5/h6-8,11,14-15H,9-10,12-13H2,1-5H3/t15-/m0/s1. The van der Waals surface area contributed by atoms with Crippen molar-refractivity contribution in [1.29, 1.82) is 0 Å². The normalized spacial score (nSPS) is 17.5. The van der Waals surface area contributed by atoms with E-state index in [1.165, 1.54) is 0 Å². The van der Waals surface area contributed by atoms with Crippen LogP contribution in [0.3, 0.4) is 0 Å². The molecule has 1 fully saturated rings. The predicted molar refractivity (Wildman–Crippen MR) is 146 cm³/mol. The number of hydrogen-bond acceptors (Lipinski definition) is 7. The monoisotopic (exact) mass is 589 g/mol. The Balaban J connectivity index is 1.66. The van der Waals surface area contributed by atoms with Crippen molar-refractivity contribution in [2.75, 3.05) is 31.1 Å². The molecule has 0 aliphatic carbocycles. The van der Waals surface area contributed by atoms with Gasteiger partial charge in [0.25, 0.3) is 0 Å². The number of carbonyl (C=O) groups excluding carboxylic acids is 1. The summed E-state index contributed by atoms with van der Waals surface area (Å²) >= 11 is 10.3. The summed E-state index contributed by atoms with van der Waals surface area (Å²) in [6.07, 6.45) is 1.35. The largest absolute Gasteiger partial charge is 0.489 e. The minimum Gasteiger partial charge on any atom is -0.489 e. The molecule has 0 saturated carbocycles. The van der Waals surface area contributed by atoms with Gasteiger partial charge in [-0.1, -0.05) is 25.4 Å². The van der Waals surface area contributed by atoms with Crippen LogP contribution in [0.1, 0.15) is 46.2 Å². The summed E-state index contributed by atoms with van der Waals surface area (Å²) in [6.45, 7) is 11.1. The first-order valence-electron chi connectivity index (χ1n) is 12.2. The molecule has 0 radical (unpaired) electrons. The smallest absolute Gasteiger partial charge is 0.410 e. The third-order valence-electron chi connectivity index (χ3n) is 6.44. The van der Waals surface area contributed by atoms with Crippen molar-refractivity contribution in [3.8, 4) is 11.4 Å². The van der Waals surface area contributed by atoms with E-state index < -0.39 is 11.3 Å². The van der Waals surface area contributed by atoms with Crippen molar-refractivity contribution in [2.45, 2.75) is 52.2 Å². The number of ether oxygens (including phenoxy) is 2. The van der Waals surface area contributed by atoms with Crippen molar-refractivity contribution in [1.82, 2.24) is 19.4 Å². The minimum absolute atomic E-state index is 0.0882. The molecule has 196 valence electrons. The first-order valence-corrected chi connectivity index (χ1v) is 13.4. The second-order valence-corrected chi connectivity index (χ2v) is 11.8. The van der Waals surface area contributed by atoms with Crippen molar-refractivity contribution >= 4 is 50.3 Å². The number of nitrogens with zero attached hydrogens (tertiary/aromatic N) is 5. The van der Waals surface area contributed by atoms with Gasteiger partial charge in [0.05, 0.1) is 33.3 Å². The Morgan fingerprint density at radius 2 is 2.05 bits per heavy atom. The molecule has 9 nitrogen and oxygen atoms in total. The Kier molecular flexibility index (Phi) is 6.60. The van der Waals surface area contributed by atoms with Gasteiger partial charge in [-0.05, 0) is 60.8 Å². The molecular formula is C26H29BrClN5O4. The van der Waals surface area contributed by atoms with Gasteiger partial charge < -0.3 is 19.3 Å². The van der Waals surface area contributed by atoms with Crippen LogP contribution in [0.5, 0.6) is 5.75 Å². The quantitative estimate of drug-likeness (QED) is 0.408. The number of rotatable bonds is 2. The summed E-state index contributed by atoms with van der Waals surface area (Å²) in [5.74, 6) is 1.04. The van der Waals surface area contributed by atoms with Gasteiger partial charge in [-0.15, -0.1) is 0 Å². The number of carbonyl (C=O) groups is 1. The van der Waals surface area contributed by atoms with Crippen molar-refractivity contribution < 1.29 is 14.3 Å². The van der Waals surface area contributed by atoms with E-state index in [-0.39, 0.29) is 24.7 Å². The fraction of sp³-hybridized carbons (Fsp3) is 0.462. The molecule has 0 unspecified atom stereocenters. The van der Waals surface area contributed by atoms with Crippen LogP contribution >= 0.6 is 27.5 Å². The maximum absolute atomic E-state index is 13.7. The van der Waals surface area contributed by atoms with E-state index in [9.17, 15) is 9.59 Å². The van der Waals surface area contributed by atoms with Gasteiger partial charge in [-0.3, -0.25) is 9.55 Å². The molecule has 4 heterocycles. The topological polar surface area (TPSA) is 89.8 Å². The van der Waals surface area contributed by atoms with Gasteiger partial charge in [0.15, 0.2) is 5.75 Å². The maximum atomic E-state index is 13.7. The number of hydrogen-bond donors (Lipinski definition) is 0. The van der Waals surface area contributed by atoms with Crippen molar-refractivity contribution in [3.05, 3.63) is 50.1 Å². The Labute approximate surface area is 228 Å². The molecular weight excluding hydrogens is 562 g/mol. The van der Waals surface area contributed by atoms with Crippen LogP contribution < -0.4 is 15.3 Å². The van der Waals surface area contributed by atoms with Crippen LogP contribution in [0, 0.1) is 0 Å². The molecule has 1 aromatic carbocycles. The number of pyridine rings is 1. The number of benzene rings is 1. The van der Waals surface area contributed by atoms with E-state index in [4.69, 9.17) is 21.1 Å². The average Bonchev–Trinajstić information content (AvgIpc) is 2.98. The fourth-order valence-corrected chi connectivity index (χ4v) is 5.45. The second-order valence-electron chi connectivity index (χ2n) is 10.6. The molecule has 3 aromatic rings. The number of anilines is 1. The Morgan fingerprint density at radius 1 is 1.30 bits per heavy atom. The first kappa shape index (κ1) is 25.8. The van der Waals surface area contributed by atoms with Gasteiger partial charge in [-0.2, -0.15) is 4.98 Å². The lowest BCUT2D eigenvalue weighted by molar-refractivity contribution is 0.0202. The molecule has 2 aliphatic rings. The number of fused-ring (bicyclic) bond motifs is 2. The van der Waals surface area contributed by atoms with Gasteiger partial charge >= 0.3 is 11.8 Å². The van der Waals surface area contributed by atoms with Crippen LogP contribution in [-0.4, -0.2) is 63.4 Å². The Bertz CT molecular complexity index is 1450. The summed E-state index contributed by atoms with van der Waals surface area (Å²) in [4.78, 5) is 39.3. The second kappa shape index (κ2) is 9.47. The molecule has 5 rings (SSSR count). The molecule has 0 spiro atoms. The lowest BCUT2D eigenvalue weighted by atomic mass is 10.1. The van der Waals surface area contributed by atoms with Gasteiger partial charge in [0.2, 0.25) is 0 Å². The summed E-state index contributed by atoms with van der Waals surface area (Å²) < 4.78 is 14.0. The summed E-state index contributed by atoms with van der Waals surface area (Å²) in [7, 11) is 0. The van der Waals surface area contributed by atoms with E-state index in [0.29, 0.717) is 57.3 Å². The van der Waals surface area contributed by atoms with Gasteiger partial charge in [-0.25, -0.2) is 9.59 Å². The fourth-order valence-electron chi connectivity index (χ4n) is 4.85. The van der Waals surface area contributed by atoms with Crippen LogP contribution in [-0.2, 0) is 4.74 Å². The highest BCUT2D eigenvalue weighted by Gasteiger charge is 2.37. The van der Waals surface area contributed by atoms with Crippen LogP contribution in [0.4, 0.5) is 10.6 Å². The average molecular weight is 591 g/mol. The molecule has 1 amide bonds. The summed E-state index contributed by atoms with van der Waals surface area (Å²) in [6, 6.07) is 5.26. The van der Waals surface area contributed by atoms with Gasteiger partial charge in [0.1, 0.15) is 18.0 Å². The number of piperazine rings is 1. The van der Waals surface area contributed by atoms with Crippen LogP contribution in [0.2, 0.25) is 5.02 Å². The molecule has 2 aliphatic heterocycles. The molecule has 0 N–H and O–H groups in total. The van der Waals surface area contributed by atoms with E-state index in [0.717, 1.165) is 5.69 Å². The zero-order valence-corrected chi connectivity index (χ0v) is 23.8. The number of aromatic nitrogens is 3. The maximum Gasteiger partial charge on any atom is 0.410 e. The zero-order chi connectivity index (χ0) is 26.6. The van der Waals surface area contributed by atoms with Crippen molar-refractivity contribution in [3.63, 3.8) is 0 Å². The SMILES string of the molecule is CC(C)c1ncccc1-n1c(=O)nc2c3c(c(Cl)c(Br)cc31)OC[C@@H]1CN(C(=O)OC(C)(C)C)CCN21. The first-order chi connectivity index (χ1) is 17.5. The molecule has 11 heteroatoms. The molecule has 0 bridgehead atoms. The van der Waals surface area contributed by atoms with Crippen LogP contribution in [0.15, 0.2) is 33.7 Å². The Hall–Kier alpha value is -2.85. The zero-order valence-electron chi connectivity index (χ0n) is 21.4. The molecule has 37 heavy (non-hydrogen) atoms. The number of halogens is 2. The van der Waals surface area contributed by atoms with Crippen LogP contribution in [0.25, 0.3) is 16.6 Å². The minimum atomic E-state index is -0.594. The lowest BCUT2D eigenvalue weighted by Crippen LogP contribution is -2.57. The molecule has 1 atom stereocenters. The highest BCUT2D eigenvalue weighted by atomic mass is 79.9. The number of amides is 1. The summed E-state index contributed by atoms with van der Waals surface area (Å²) in [5, 5.41) is 1.06. The third-order valence-corrected chi connectivity index (χ3v) is 7.67. The van der Waals surface area contributed by atoms with E-state index in [1.807, 2.05) is 51.7 Å². The highest BCUT2D eigenvalue weighted by Crippen LogP contribution is 2.45. The van der Waals surface area contributed by atoms with Gasteiger partial charge in [0, 0.05) is 30.3 Å². The highest BCUT2D eigenvalue weighted by molar-refractivity contribution is 9.10. The third kappa shape index (κ3) is 4.65. The molecule has 1 saturated heterocycles.